The van der Waals surface area contributed by atoms with Gasteiger partial charge in [0.15, 0.2) is 0 Å². The van der Waals surface area contributed by atoms with Gasteiger partial charge in [-0.3, -0.25) is 0 Å². The fraction of sp³-hybridized carbons (Fsp3) is 0.400. The third-order valence-corrected chi connectivity index (χ3v) is 3.17. The summed E-state index contributed by atoms with van der Waals surface area (Å²) in [5.41, 5.74) is -2.76. The van der Waals surface area contributed by atoms with E-state index in [0.717, 1.165) is 12.1 Å². The zero-order valence-electron chi connectivity index (χ0n) is 10.0. The molecule has 0 saturated carbocycles. The summed E-state index contributed by atoms with van der Waals surface area (Å²) in [5, 5.41) is 8.95. The van der Waals surface area contributed by atoms with Crippen molar-refractivity contribution in [1.82, 2.24) is 0 Å². The second-order valence-corrected chi connectivity index (χ2v) is 5.21. The molecular formula is C10H10F3NaO4S. The van der Waals surface area contributed by atoms with Crippen LogP contribution >= 0.6 is 0 Å². The fourth-order valence-corrected chi connectivity index (χ4v) is 1.74. The van der Waals surface area contributed by atoms with Crippen LogP contribution in [0.4, 0.5) is 13.2 Å². The average Bonchev–Trinajstić information content (AvgIpc) is 2.23. The van der Waals surface area contributed by atoms with Crippen LogP contribution in [0, 0.1) is 0 Å². The van der Waals surface area contributed by atoms with Crippen molar-refractivity contribution in [2.24, 2.45) is 0 Å². The molecule has 4 nitrogen and oxygen atoms in total. The van der Waals surface area contributed by atoms with Crippen LogP contribution in [-0.4, -0.2) is 23.5 Å². The van der Waals surface area contributed by atoms with Crippen LogP contribution in [0.3, 0.4) is 0 Å². The third-order valence-electron chi connectivity index (χ3n) is 2.27. The first kappa shape index (κ1) is 18.9. The van der Waals surface area contributed by atoms with E-state index in [9.17, 15) is 26.1 Å². The molecular weight excluding hydrogens is 296 g/mol. The maximum absolute atomic E-state index is 12.4. The summed E-state index contributed by atoms with van der Waals surface area (Å²) in [6.45, 7) is 0. The molecule has 0 aromatic heterocycles. The van der Waals surface area contributed by atoms with E-state index in [-0.39, 0.29) is 41.5 Å². The summed E-state index contributed by atoms with van der Waals surface area (Å²) in [7, 11) is -4.83. The van der Waals surface area contributed by atoms with Crippen LogP contribution in [0.1, 0.15) is 17.5 Å². The molecule has 1 N–H and O–H groups in total. The van der Waals surface area contributed by atoms with Gasteiger partial charge in [-0.15, -0.1) is 0 Å². The van der Waals surface area contributed by atoms with Crippen LogP contribution in [-0.2, 0) is 22.7 Å². The smallest absolute Gasteiger partial charge is 0.746 e. The van der Waals surface area contributed by atoms with E-state index in [1.165, 1.54) is 12.1 Å². The first-order valence-electron chi connectivity index (χ1n) is 4.89. The number of hydrogen-bond donors (Lipinski definition) is 1. The van der Waals surface area contributed by atoms with Crippen molar-refractivity contribution in [2.45, 2.75) is 24.5 Å². The minimum Gasteiger partial charge on any atom is -0.746 e. The standard InChI is InChI=1S/C10H11F3O4S.Na/c11-10(12,13)8-3-1-2-7(6-8)4-5-9(14)18(15,16)17;/h1-3,6,9,14H,4-5H2,(H,15,16,17);/q;+1/p-1. The summed E-state index contributed by atoms with van der Waals surface area (Å²) < 4.78 is 68.3. The normalized spacial score (nSPS) is 13.7. The van der Waals surface area contributed by atoms with E-state index in [2.05, 4.69) is 0 Å². The molecule has 0 amide bonds. The van der Waals surface area contributed by atoms with Gasteiger partial charge >= 0.3 is 35.7 Å². The van der Waals surface area contributed by atoms with Crippen molar-refractivity contribution < 1.29 is 60.8 Å². The minimum atomic E-state index is -4.83. The van der Waals surface area contributed by atoms with E-state index >= 15 is 0 Å². The average molecular weight is 306 g/mol. The first-order chi connectivity index (χ1) is 8.10. The molecule has 0 saturated heterocycles. The van der Waals surface area contributed by atoms with Crippen molar-refractivity contribution in [3.63, 3.8) is 0 Å². The van der Waals surface area contributed by atoms with Crippen molar-refractivity contribution >= 4 is 10.1 Å². The molecule has 1 rings (SSSR count). The van der Waals surface area contributed by atoms with Gasteiger partial charge in [-0.1, -0.05) is 18.2 Å². The van der Waals surface area contributed by atoms with Crippen LogP contribution < -0.4 is 29.6 Å². The largest absolute Gasteiger partial charge is 1.00 e. The SMILES string of the molecule is O=S(=O)([O-])C(O)CCc1cccc(C(F)(F)F)c1.[Na+]. The monoisotopic (exact) mass is 306 g/mol. The molecule has 1 atom stereocenters. The molecule has 0 aliphatic rings. The molecule has 1 unspecified atom stereocenters. The molecule has 1 aromatic carbocycles. The van der Waals surface area contributed by atoms with Crippen LogP contribution in [0.2, 0.25) is 0 Å². The van der Waals surface area contributed by atoms with Gasteiger partial charge in [0.1, 0.15) is 15.6 Å². The molecule has 0 spiro atoms. The van der Waals surface area contributed by atoms with Gasteiger partial charge in [0, 0.05) is 0 Å². The van der Waals surface area contributed by atoms with Crippen LogP contribution in [0.5, 0.6) is 0 Å². The molecule has 0 radical (unpaired) electrons. The summed E-state index contributed by atoms with van der Waals surface area (Å²) in [6.07, 6.45) is -5.06. The van der Waals surface area contributed by atoms with Gasteiger partial charge < -0.3 is 9.66 Å². The zero-order valence-corrected chi connectivity index (χ0v) is 12.8. The van der Waals surface area contributed by atoms with Crippen molar-refractivity contribution in [1.29, 1.82) is 0 Å². The maximum atomic E-state index is 12.4. The number of hydrogen-bond acceptors (Lipinski definition) is 4. The minimum absolute atomic E-state index is 0. The number of rotatable bonds is 4. The van der Waals surface area contributed by atoms with E-state index < -0.39 is 33.7 Å². The van der Waals surface area contributed by atoms with Gasteiger partial charge in [-0.25, -0.2) is 8.42 Å². The maximum Gasteiger partial charge on any atom is 1.00 e. The van der Waals surface area contributed by atoms with E-state index in [0.29, 0.717) is 0 Å². The van der Waals surface area contributed by atoms with Crippen molar-refractivity contribution in [2.75, 3.05) is 0 Å². The molecule has 19 heavy (non-hydrogen) atoms. The Bertz CT molecular complexity index is 516. The first-order valence-corrected chi connectivity index (χ1v) is 6.37. The Morgan fingerprint density at radius 2 is 1.89 bits per heavy atom. The molecule has 0 fully saturated rings. The molecule has 0 aliphatic heterocycles. The Balaban J connectivity index is 0.00000324. The number of aryl methyl sites for hydroxylation is 1. The molecule has 1 aromatic rings. The van der Waals surface area contributed by atoms with E-state index in [1.807, 2.05) is 0 Å². The quantitative estimate of drug-likeness (QED) is 0.543. The summed E-state index contributed by atoms with van der Waals surface area (Å²) >= 11 is 0. The Kier molecular flexibility index (Phi) is 7.01. The Morgan fingerprint density at radius 3 is 2.37 bits per heavy atom. The summed E-state index contributed by atoms with van der Waals surface area (Å²) in [6, 6.07) is 4.27. The summed E-state index contributed by atoms with van der Waals surface area (Å²) in [4.78, 5) is 0. The molecule has 0 bridgehead atoms. The second kappa shape index (κ2) is 7.05. The Labute approximate surface area is 130 Å². The van der Waals surface area contributed by atoms with Gasteiger partial charge in [-0.2, -0.15) is 13.2 Å². The number of benzene rings is 1. The number of aliphatic hydroxyl groups is 1. The summed E-state index contributed by atoms with van der Waals surface area (Å²) in [5.74, 6) is 0. The topological polar surface area (TPSA) is 77.4 Å². The van der Waals surface area contributed by atoms with Crippen molar-refractivity contribution in [3.8, 4) is 0 Å². The predicted octanol–water partition coefficient (Wildman–Crippen LogP) is -1.49. The van der Waals surface area contributed by atoms with E-state index in [4.69, 9.17) is 5.11 Å². The number of alkyl halides is 3. The van der Waals surface area contributed by atoms with Crippen molar-refractivity contribution in [3.05, 3.63) is 35.4 Å². The number of aliphatic hydroxyl groups excluding tert-OH is 1. The van der Waals surface area contributed by atoms with Gasteiger partial charge in [0.25, 0.3) is 0 Å². The number of halogens is 3. The fourth-order valence-electron chi connectivity index (χ4n) is 1.34. The molecule has 102 valence electrons. The van der Waals surface area contributed by atoms with Gasteiger partial charge in [-0.05, 0) is 24.5 Å². The second-order valence-electron chi connectivity index (χ2n) is 3.68. The molecule has 0 heterocycles. The molecule has 0 aliphatic carbocycles. The Hall–Kier alpha value is -0.120. The zero-order chi connectivity index (χ0) is 14.0. The predicted molar refractivity (Wildman–Crippen MR) is 55.5 cm³/mol. The van der Waals surface area contributed by atoms with Gasteiger partial charge in [0.05, 0.1) is 5.56 Å². The van der Waals surface area contributed by atoms with Crippen LogP contribution in [0.15, 0.2) is 24.3 Å². The van der Waals surface area contributed by atoms with Crippen LogP contribution in [0.25, 0.3) is 0 Å². The molecule has 9 heteroatoms. The third kappa shape index (κ3) is 6.24. The Morgan fingerprint density at radius 1 is 1.32 bits per heavy atom. The van der Waals surface area contributed by atoms with Gasteiger partial charge in [0.2, 0.25) is 0 Å². The van der Waals surface area contributed by atoms with E-state index in [1.54, 1.807) is 0 Å².